The zero-order valence-electron chi connectivity index (χ0n) is 2.56. The molecule has 0 aromatic heterocycles. The highest BCUT2D eigenvalue weighted by atomic mass is 31.1. The maximum absolute atomic E-state index is 4.40. The zero-order chi connectivity index (χ0) is 3.41. The zero-order valence-corrected chi connectivity index (χ0v) is 3.46. The SMILES string of the molecule is C=POC. The fourth-order valence-electron chi connectivity index (χ4n) is 0. The maximum Gasteiger partial charge on any atom is 0.0472 e. The molecule has 0 aliphatic heterocycles. The van der Waals surface area contributed by atoms with Gasteiger partial charge in [0.25, 0.3) is 0 Å². The van der Waals surface area contributed by atoms with Crippen LogP contribution < -0.4 is 0 Å². The van der Waals surface area contributed by atoms with Crippen LogP contribution in [0, 0.1) is 0 Å². The molecule has 0 rings (SSSR count). The van der Waals surface area contributed by atoms with Crippen molar-refractivity contribution in [2.24, 2.45) is 0 Å². The third-order valence-corrected chi connectivity index (χ3v) is 0.387. The lowest BCUT2D eigenvalue weighted by Crippen LogP contribution is -1.43. The molecule has 0 saturated heterocycles. The molecule has 24 valence electrons. The quantitative estimate of drug-likeness (QED) is 0.422. The minimum atomic E-state index is 0.748. The van der Waals surface area contributed by atoms with Crippen LogP contribution in [-0.4, -0.2) is 13.4 Å². The molecular weight excluding hydrogens is 71.0 g/mol. The fourth-order valence-corrected chi connectivity index (χ4v) is 0. The number of hydrogen-bond acceptors (Lipinski definition) is 1. The summed E-state index contributed by atoms with van der Waals surface area (Å²) in [6.07, 6.45) is 3.35. The van der Waals surface area contributed by atoms with Gasteiger partial charge in [0.2, 0.25) is 0 Å². The molecule has 1 nitrogen and oxygen atoms in total. The van der Waals surface area contributed by atoms with Crippen LogP contribution >= 0.6 is 8.43 Å². The van der Waals surface area contributed by atoms with Gasteiger partial charge in [-0.15, -0.1) is 0 Å². The molecule has 0 aromatic rings. The van der Waals surface area contributed by atoms with Crippen LogP contribution in [-0.2, 0) is 4.52 Å². The van der Waals surface area contributed by atoms with Crippen molar-refractivity contribution in [2.45, 2.75) is 0 Å². The lowest BCUT2D eigenvalue weighted by Gasteiger charge is -1.65. The van der Waals surface area contributed by atoms with E-state index >= 15 is 0 Å². The van der Waals surface area contributed by atoms with Gasteiger partial charge < -0.3 is 4.52 Å². The normalized spacial score (nSPS) is 8.25. The van der Waals surface area contributed by atoms with E-state index in [4.69, 9.17) is 0 Å². The lowest BCUT2D eigenvalue weighted by molar-refractivity contribution is 0.486. The van der Waals surface area contributed by atoms with Crippen LogP contribution in [0.5, 0.6) is 0 Å². The first-order valence-corrected chi connectivity index (χ1v) is 1.90. The van der Waals surface area contributed by atoms with Gasteiger partial charge >= 0.3 is 0 Å². The molecule has 0 atom stereocenters. The Bertz CT molecular complexity index is 20.0. The molecule has 0 spiro atoms. The van der Waals surface area contributed by atoms with Crippen molar-refractivity contribution in [3.05, 3.63) is 0 Å². The van der Waals surface area contributed by atoms with E-state index in [2.05, 4.69) is 10.8 Å². The summed E-state index contributed by atoms with van der Waals surface area (Å²) in [7, 11) is 2.35. The maximum atomic E-state index is 4.40. The fraction of sp³-hybridized carbons (Fsp3) is 0.500. The summed E-state index contributed by atoms with van der Waals surface area (Å²) in [5.41, 5.74) is 0. The van der Waals surface area contributed by atoms with Gasteiger partial charge in [-0.1, -0.05) is 0 Å². The molecule has 0 aromatic carbocycles. The first kappa shape index (κ1) is 4.13. The number of rotatable bonds is 1. The summed E-state index contributed by atoms with van der Waals surface area (Å²) in [5.74, 6) is 0. The van der Waals surface area contributed by atoms with Crippen molar-refractivity contribution in [3.63, 3.8) is 0 Å². The van der Waals surface area contributed by atoms with E-state index in [1.807, 2.05) is 0 Å². The molecule has 0 unspecified atom stereocenters. The van der Waals surface area contributed by atoms with Gasteiger partial charge in [0, 0.05) is 15.5 Å². The Kier molecular flexibility index (Phi) is 3.23. The van der Waals surface area contributed by atoms with Gasteiger partial charge in [-0.2, -0.15) is 0 Å². The third kappa shape index (κ3) is 2.13. The van der Waals surface area contributed by atoms with Crippen LogP contribution in [0.15, 0.2) is 0 Å². The van der Waals surface area contributed by atoms with E-state index in [-0.39, 0.29) is 0 Å². The molecule has 4 heavy (non-hydrogen) atoms. The van der Waals surface area contributed by atoms with Gasteiger partial charge in [-0.25, -0.2) is 0 Å². The van der Waals surface area contributed by atoms with Crippen LogP contribution in [0.4, 0.5) is 0 Å². The third-order valence-electron chi connectivity index (χ3n) is 0.129. The molecular formula is C2H5OP. The Morgan fingerprint density at radius 3 is 2.25 bits per heavy atom. The largest absolute Gasteiger partial charge is 0.330 e. The molecule has 0 N–H and O–H groups in total. The summed E-state index contributed by atoms with van der Waals surface area (Å²) in [6.45, 7) is 0. The highest BCUT2D eigenvalue weighted by Gasteiger charge is 1.40. The minimum Gasteiger partial charge on any atom is -0.330 e. The highest BCUT2D eigenvalue weighted by Crippen LogP contribution is 1.82. The van der Waals surface area contributed by atoms with Crippen molar-refractivity contribution < 1.29 is 4.52 Å². The molecule has 0 aliphatic carbocycles. The Morgan fingerprint density at radius 1 is 2.00 bits per heavy atom. The first-order valence-electron chi connectivity index (χ1n) is 0.907. The highest BCUT2D eigenvalue weighted by molar-refractivity contribution is 7.30. The molecule has 0 bridgehead atoms. The predicted molar refractivity (Wildman–Crippen MR) is 21.0 cm³/mol. The molecule has 0 heterocycles. The Hall–Kier alpha value is 0.130. The topological polar surface area (TPSA) is 9.23 Å². The van der Waals surface area contributed by atoms with Crippen molar-refractivity contribution in [2.75, 3.05) is 7.11 Å². The standard InChI is InChI=1S/C2H5OP/c1-3-4-2/h2H2,1H3. The molecule has 0 radical (unpaired) electrons. The summed E-state index contributed by atoms with van der Waals surface area (Å²) in [6, 6.07) is 0. The van der Waals surface area contributed by atoms with Crippen LogP contribution in [0.1, 0.15) is 0 Å². The van der Waals surface area contributed by atoms with E-state index in [0.717, 1.165) is 8.43 Å². The van der Waals surface area contributed by atoms with Crippen LogP contribution in [0.3, 0.4) is 0 Å². The van der Waals surface area contributed by atoms with Crippen LogP contribution in [0.2, 0.25) is 0 Å². The van der Waals surface area contributed by atoms with E-state index < -0.39 is 0 Å². The second-order valence-corrected chi connectivity index (χ2v) is 0.935. The van der Waals surface area contributed by atoms with Crippen LogP contribution in [0.25, 0.3) is 0 Å². The summed E-state index contributed by atoms with van der Waals surface area (Å²) >= 11 is 0. The number of hydrogen-bond donors (Lipinski definition) is 0. The van der Waals surface area contributed by atoms with Crippen molar-refractivity contribution >= 4 is 14.7 Å². The van der Waals surface area contributed by atoms with Crippen molar-refractivity contribution in [1.29, 1.82) is 0 Å². The molecule has 0 aliphatic rings. The van der Waals surface area contributed by atoms with Gasteiger partial charge in [-0.3, -0.25) is 0 Å². The summed E-state index contributed by atoms with van der Waals surface area (Å²) < 4.78 is 4.40. The van der Waals surface area contributed by atoms with E-state index in [1.165, 1.54) is 0 Å². The second kappa shape index (κ2) is 3.13. The summed E-state index contributed by atoms with van der Waals surface area (Å²) in [5, 5.41) is 0. The van der Waals surface area contributed by atoms with Gasteiger partial charge in [0.1, 0.15) is 0 Å². The Morgan fingerprint density at radius 2 is 2.25 bits per heavy atom. The average Bonchev–Trinajstić information content (AvgIpc) is 1.37. The smallest absolute Gasteiger partial charge is 0.0472 e. The van der Waals surface area contributed by atoms with Gasteiger partial charge in [0.05, 0.1) is 0 Å². The van der Waals surface area contributed by atoms with Gasteiger partial charge in [-0.05, 0) is 6.30 Å². The minimum absolute atomic E-state index is 0.748. The second-order valence-electron chi connectivity index (χ2n) is 0.312. The van der Waals surface area contributed by atoms with Crippen molar-refractivity contribution in [3.8, 4) is 0 Å². The Balaban J connectivity index is 2.30. The summed E-state index contributed by atoms with van der Waals surface area (Å²) in [4.78, 5) is 0. The first-order chi connectivity index (χ1) is 1.91. The molecule has 0 fully saturated rings. The molecule has 0 saturated carbocycles. The Labute approximate surface area is 27.5 Å². The van der Waals surface area contributed by atoms with E-state index in [9.17, 15) is 0 Å². The molecule has 0 amide bonds. The predicted octanol–water partition coefficient (Wildman–Crippen LogP) is 0.926. The molecule has 2 heteroatoms. The van der Waals surface area contributed by atoms with Crippen molar-refractivity contribution in [1.82, 2.24) is 0 Å². The van der Waals surface area contributed by atoms with E-state index in [1.54, 1.807) is 7.11 Å². The van der Waals surface area contributed by atoms with Gasteiger partial charge in [0.15, 0.2) is 0 Å². The van der Waals surface area contributed by atoms with E-state index in [0.29, 0.717) is 0 Å². The monoisotopic (exact) mass is 76.0 g/mol. The average molecular weight is 76.0 g/mol. The lowest BCUT2D eigenvalue weighted by atomic mass is 11.8.